The van der Waals surface area contributed by atoms with Crippen LogP contribution in [-0.4, -0.2) is 11.3 Å². The van der Waals surface area contributed by atoms with Crippen LogP contribution in [0, 0.1) is 0 Å². The van der Waals surface area contributed by atoms with Gasteiger partial charge in [0.25, 0.3) is 0 Å². The van der Waals surface area contributed by atoms with Gasteiger partial charge in [-0.15, -0.1) is 11.8 Å². The lowest BCUT2D eigenvalue weighted by atomic mass is 9.84. The van der Waals surface area contributed by atoms with Crippen LogP contribution in [-0.2, 0) is 0 Å². The molecule has 2 aliphatic rings. The molecule has 1 nitrogen and oxygen atoms in total. The third-order valence-corrected chi connectivity index (χ3v) is 5.01. The number of thioether (sulfide) groups is 1. The Kier molecular flexibility index (Phi) is 1.96. The van der Waals surface area contributed by atoms with E-state index in [0.717, 1.165) is 17.3 Å². The largest absolute Gasteiger partial charge is 0.382 e. The van der Waals surface area contributed by atoms with E-state index in [-0.39, 0.29) is 0 Å². The van der Waals surface area contributed by atoms with Gasteiger partial charge in [-0.25, -0.2) is 0 Å². The molecule has 0 amide bonds. The first kappa shape index (κ1) is 8.93. The van der Waals surface area contributed by atoms with Crippen LogP contribution in [0.25, 0.3) is 0 Å². The van der Waals surface area contributed by atoms with Gasteiger partial charge in [-0.05, 0) is 25.0 Å². The van der Waals surface area contributed by atoms with Crippen LogP contribution in [0.4, 0.5) is 5.69 Å². The molecule has 1 aliphatic carbocycles. The van der Waals surface area contributed by atoms with Gasteiger partial charge in [0.1, 0.15) is 0 Å². The summed E-state index contributed by atoms with van der Waals surface area (Å²) in [6.45, 7) is 1.08. The molecule has 74 valence electrons. The fraction of sp³-hybridized carbons (Fsp3) is 0.455. The van der Waals surface area contributed by atoms with Crippen molar-refractivity contribution in [3.63, 3.8) is 0 Å². The maximum Gasteiger partial charge on any atom is 0.0668 e. The lowest BCUT2D eigenvalue weighted by Crippen LogP contribution is -2.42. The van der Waals surface area contributed by atoms with Crippen molar-refractivity contribution in [3.05, 3.63) is 23.2 Å². The van der Waals surface area contributed by atoms with Crippen molar-refractivity contribution in [2.24, 2.45) is 0 Å². The zero-order chi connectivity index (χ0) is 9.60. The monoisotopic (exact) mass is 225 g/mol. The first-order valence-corrected chi connectivity index (χ1v) is 6.20. The predicted octanol–water partition coefficient (Wildman–Crippen LogP) is 3.78. The highest BCUT2D eigenvalue weighted by Gasteiger charge is 2.41. The Morgan fingerprint density at radius 3 is 2.93 bits per heavy atom. The molecular weight excluding hydrogens is 214 g/mol. The molecule has 3 rings (SSSR count). The van der Waals surface area contributed by atoms with Crippen LogP contribution in [0.1, 0.15) is 19.3 Å². The van der Waals surface area contributed by atoms with E-state index in [1.165, 1.54) is 24.2 Å². The molecule has 0 unspecified atom stereocenters. The van der Waals surface area contributed by atoms with Crippen LogP contribution in [0.3, 0.4) is 0 Å². The van der Waals surface area contributed by atoms with Crippen molar-refractivity contribution >= 4 is 29.1 Å². The van der Waals surface area contributed by atoms with Gasteiger partial charge in [-0.3, -0.25) is 0 Å². The molecule has 1 aromatic rings. The molecule has 1 N–H and O–H groups in total. The van der Waals surface area contributed by atoms with E-state index < -0.39 is 0 Å². The van der Waals surface area contributed by atoms with Crippen LogP contribution in [0.2, 0.25) is 5.02 Å². The highest BCUT2D eigenvalue weighted by Crippen LogP contribution is 2.53. The maximum atomic E-state index is 6.12. The van der Waals surface area contributed by atoms with Gasteiger partial charge in [0.15, 0.2) is 0 Å². The van der Waals surface area contributed by atoms with E-state index in [2.05, 4.69) is 11.4 Å². The molecule has 0 aromatic heterocycles. The molecule has 1 heterocycles. The molecule has 14 heavy (non-hydrogen) atoms. The Hall–Kier alpha value is -0.340. The molecule has 0 bridgehead atoms. The topological polar surface area (TPSA) is 12.0 Å². The Morgan fingerprint density at radius 2 is 2.21 bits per heavy atom. The van der Waals surface area contributed by atoms with E-state index in [1.54, 1.807) is 0 Å². The average Bonchev–Trinajstić information content (AvgIpc) is 2.15. The first-order valence-electron chi connectivity index (χ1n) is 5.01. The van der Waals surface area contributed by atoms with Crippen molar-refractivity contribution < 1.29 is 0 Å². The van der Waals surface area contributed by atoms with E-state index in [9.17, 15) is 0 Å². The minimum Gasteiger partial charge on any atom is -0.382 e. The number of hydrogen-bond acceptors (Lipinski definition) is 2. The van der Waals surface area contributed by atoms with Crippen molar-refractivity contribution in [2.45, 2.75) is 28.9 Å². The molecule has 3 heteroatoms. The highest BCUT2D eigenvalue weighted by atomic mass is 35.5. The fourth-order valence-corrected chi connectivity index (χ4v) is 3.96. The molecule has 1 saturated carbocycles. The second kappa shape index (κ2) is 3.07. The van der Waals surface area contributed by atoms with E-state index >= 15 is 0 Å². The lowest BCUT2D eigenvalue weighted by molar-refractivity contribution is 0.376. The summed E-state index contributed by atoms with van der Waals surface area (Å²) < 4.78 is 0.484. The summed E-state index contributed by atoms with van der Waals surface area (Å²) in [5.74, 6) is 0. The number of fused-ring (bicyclic) bond motifs is 1. The van der Waals surface area contributed by atoms with Gasteiger partial charge >= 0.3 is 0 Å². The van der Waals surface area contributed by atoms with Crippen molar-refractivity contribution in [1.29, 1.82) is 0 Å². The maximum absolute atomic E-state index is 6.12. The van der Waals surface area contributed by atoms with Crippen LogP contribution < -0.4 is 5.32 Å². The lowest BCUT2D eigenvalue weighted by Gasteiger charge is -2.45. The zero-order valence-corrected chi connectivity index (χ0v) is 9.42. The molecule has 1 aromatic carbocycles. The van der Waals surface area contributed by atoms with E-state index in [4.69, 9.17) is 11.6 Å². The molecule has 1 fully saturated rings. The first-order chi connectivity index (χ1) is 6.79. The quantitative estimate of drug-likeness (QED) is 0.721. The number of rotatable bonds is 0. The Balaban J connectivity index is 1.98. The minimum absolute atomic E-state index is 0.484. The van der Waals surface area contributed by atoms with Crippen LogP contribution in [0.5, 0.6) is 0 Å². The van der Waals surface area contributed by atoms with Gasteiger partial charge in [-0.2, -0.15) is 0 Å². The fourth-order valence-electron chi connectivity index (χ4n) is 2.13. The van der Waals surface area contributed by atoms with Crippen LogP contribution >= 0.6 is 23.4 Å². The molecule has 0 saturated heterocycles. The number of nitrogens with one attached hydrogen (secondary N) is 1. The molecule has 0 radical (unpaired) electrons. The van der Waals surface area contributed by atoms with E-state index in [0.29, 0.717) is 4.75 Å². The standard InChI is InChI=1S/C11H12ClNS/c12-8-3-1-4-9-10(8)13-7-11(14-9)5-2-6-11/h1,3-4,13H,2,5-7H2. The van der Waals surface area contributed by atoms with Crippen molar-refractivity contribution in [2.75, 3.05) is 11.9 Å². The van der Waals surface area contributed by atoms with Crippen molar-refractivity contribution in [3.8, 4) is 0 Å². The third-order valence-electron chi connectivity index (χ3n) is 3.15. The smallest absolute Gasteiger partial charge is 0.0668 e. The summed E-state index contributed by atoms with van der Waals surface area (Å²) in [7, 11) is 0. The number of benzene rings is 1. The van der Waals surface area contributed by atoms with Gasteiger partial charge in [0.2, 0.25) is 0 Å². The predicted molar refractivity (Wildman–Crippen MR) is 62.4 cm³/mol. The zero-order valence-electron chi connectivity index (χ0n) is 7.85. The number of para-hydroxylation sites is 1. The normalized spacial score (nSPS) is 22.4. The number of halogens is 1. The second-order valence-corrected chi connectivity index (χ2v) is 6.02. The molecular formula is C11H12ClNS. The van der Waals surface area contributed by atoms with Gasteiger partial charge in [0.05, 0.1) is 10.7 Å². The Bertz CT molecular complexity index is 374. The summed E-state index contributed by atoms with van der Waals surface area (Å²) in [6, 6.07) is 6.15. The summed E-state index contributed by atoms with van der Waals surface area (Å²) in [5.41, 5.74) is 1.14. The SMILES string of the molecule is Clc1cccc2c1NCC1(CCC1)S2. The number of hydrogen-bond donors (Lipinski definition) is 1. The Morgan fingerprint density at radius 1 is 1.36 bits per heavy atom. The second-order valence-electron chi connectivity index (χ2n) is 4.11. The van der Waals surface area contributed by atoms with Gasteiger partial charge in [0, 0.05) is 16.2 Å². The summed E-state index contributed by atoms with van der Waals surface area (Å²) >= 11 is 8.13. The summed E-state index contributed by atoms with van der Waals surface area (Å²) in [5, 5.41) is 4.32. The minimum atomic E-state index is 0.484. The third kappa shape index (κ3) is 1.24. The highest BCUT2D eigenvalue weighted by molar-refractivity contribution is 8.01. The molecule has 1 spiro atoms. The summed E-state index contributed by atoms with van der Waals surface area (Å²) in [4.78, 5) is 1.32. The average molecular weight is 226 g/mol. The van der Waals surface area contributed by atoms with Crippen molar-refractivity contribution in [1.82, 2.24) is 0 Å². The summed E-state index contributed by atoms with van der Waals surface area (Å²) in [6.07, 6.45) is 4.07. The molecule has 0 atom stereocenters. The van der Waals surface area contributed by atoms with E-state index in [1.807, 2.05) is 23.9 Å². The molecule has 1 aliphatic heterocycles. The van der Waals surface area contributed by atoms with Gasteiger partial charge in [-0.1, -0.05) is 24.1 Å². The van der Waals surface area contributed by atoms with Gasteiger partial charge < -0.3 is 5.32 Å². The Labute approximate surface area is 93.2 Å². The van der Waals surface area contributed by atoms with Crippen LogP contribution in [0.15, 0.2) is 23.1 Å². The number of anilines is 1.